The highest BCUT2D eigenvalue weighted by Crippen LogP contribution is 2.26. The van der Waals surface area contributed by atoms with E-state index in [-0.39, 0.29) is 5.69 Å². The molecule has 0 aromatic carbocycles. The van der Waals surface area contributed by atoms with Crippen LogP contribution in [0, 0.1) is 10.1 Å². The molecule has 1 aromatic rings. The number of hydrogen-bond acceptors (Lipinski definition) is 6. The molecule has 0 unspecified atom stereocenters. The largest absolute Gasteiger partial charge is 0.320 e. The molecule has 0 saturated heterocycles. The minimum atomic E-state index is -0.520. The van der Waals surface area contributed by atoms with Crippen molar-refractivity contribution in [3.05, 3.63) is 28.4 Å². The van der Waals surface area contributed by atoms with Gasteiger partial charge in [-0.15, -0.1) is 0 Å². The Balaban J connectivity index is 2.78. The predicted molar refractivity (Wildman–Crippen MR) is 47.0 cm³/mol. The van der Waals surface area contributed by atoms with E-state index in [4.69, 9.17) is 4.55 Å². The highest BCUT2D eigenvalue weighted by Gasteiger charge is 2.04. The van der Waals surface area contributed by atoms with Crippen LogP contribution < -0.4 is 0 Å². The molecule has 0 radical (unpaired) electrons. The quantitative estimate of drug-likeness (QED) is 0.352. The fourth-order valence-corrected chi connectivity index (χ4v) is 1.39. The Morgan fingerprint density at radius 1 is 1.58 bits per heavy atom. The fraction of sp³-hybridized carbons (Fsp3) is 0. The summed E-state index contributed by atoms with van der Waals surface area (Å²) in [5, 5.41) is 10.7. The minimum absolute atomic E-state index is 0.0534. The lowest BCUT2D eigenvalue weighted by Gasteiger charge is -1.93. The van der Waals surface area contributed by atoms with Gasteiger partial charge in [-0.25, -0.2) is 4.98 Å². The topological polar surface area (TPSA) is 76.3 Å². The molecule has 1 rings (SSSR count). The molecule has 0 bridgehead atoms. The third-order valence-corrected chi connectivity index (χ3v) is 2.28. The second-order valence-electron chi connectivity index (χ2n) is 1.77. The van der Waals surface area contributed by atoms with Crippen LogP contribution in [0.1, 0.15) is 0 Å². The summed E-state index contributed by atoms with van der Waals surface area (Å²) in [6.45, 7) is 0. The first-order valence-electron chi connectivity index (χ1n) is 2.82. The molecule has 0 atom stereocenters. The van der Waals surface area contributed by atoms with Crippen LogP contribution in [0.4, 0.5) is 5.69 Å². The number of pyridine rings is 1. The lowest BCUT2D eigenvalue weighted by Crippen LogP contribution is -1.88. The van der Waals surface area contributed by atoms with Crippen LogP contribution in [0.15, 0.2) is 23.4 Å². The first-order valence-corrected chi connectivity index (χ1v) is 4.93. The van der Waals surface area contributed by atoms with Gasteiger partial charge in [0.15, 0.2) is 0 Å². The van der Waals surface area contributed by atoms with Gasteiger partial charge in [-0.2, -0.15) is 0 Å². The second kappa shape index (κ2) is 4.29. The van der Waals surface area contributed by atoms with Crippen LogP contribution in [0.2, 0.25) is 0 Å². The summed E-state index contributed by atoms with van der Waals surface area (Å²) in [5.41, 5.74) is -0.0534. The molecule has 64 valence electrons. The molecular formula is C5H4N2O3S2. The predicted octanol–water partition coefficient (Wildman–Crippen LogP) is 2.20. The Hall–Kier alpha value is -0.790. The average molecular weight is 204 g/mol. The Morgan fingerprint density at radius 2 is 2.33 bits per heavy atom. The summed E-state index contributed by atoms with van der Waals surface area (Å²) in [6.07, 6.45) is 1.15. The van der Waals surface area contributed by atoms with Crippen LogP contribution in [0.5, 0.6) is 0 Å². The van der Waals surface area contributed by atoms with Gasteiger partial charge in [0.05, 0.1) is 16.0 Å². The highest BCUT2D eigenvalue weighted by molar-refractivity contribution is 8.74. The van der Waals surface area contributed by atoms with Gasteiger partial charge in [-0.3, -0.25) is 10.1 Å². The number of nitro groups is 1. The summed E-state index contributed by atoms with van der Waals surface area (Å²) in [6, 6.07) is 2.82. The third-order valence-electron chi connectivity index (χ3n) is 1.05. The van der Waals surface area contributed by atoms with Gasteiger partial charge in [0, 0.05) is 6.07 Å². The average Bonchev–Trinajstić information content (AvgIpc) is 2.06. The summed E-state index contributed by atoms with van der Waals surface area (Å²) < 4.78 is 8.40. The van der Waals surface area contributed by atoms with Crippen molar-refractivity contribution in [1.82, 2.24) is 4.98 Å². The molecule has 0 aliphatic carbocycles. The van der Waals surface area contributed by atoms with Gasteiger partial charge in [-0.1, -0.05) is 0 Å². The SMILES string of the molecule is O=[N+]([O-])c1ccc(SSO)nc1. The molecule has 0 spiro atoms. The van der Waals surface area contributed by atoms with Crippen LogP contribution >= 0.6 is 21.9 Å². The zero-order chi connectivity index (χ0) is 8.97. The molecule has 1 N–H and O–H groups in total. The first-order chi connectivity index (χ1) is 5.74. The zero-order valence-electron chi connectivity index (χ0n) is 5.71. The fourth-order valence-electron chi connectivity index (χ4n) is 0.568. The maximum absolute atomic E-state index is 10.2. The van der Waals surface area contributed by atoms with Crippen molar-refractivity contribution in [2.24, 2.45) is 0 Å². The molecule has 0 saturated carbocycles. The Kier molecular flexibility index (Phi) is 3.32. The molecule has 0 aliphatic heterocycles. The molecule has 0 amide bonds. The van der Waals surface area contributed by atoms with Crippen molar-refractivity contribution in [1.29, 1.82) is 0 Å². The molecule has 1 heterocycles. The highest BCUT2D eigenvalue weighted by atomic mass is 33.1. The minimum Gasteiger partial charge on any atom is -0.320 e. The van der Waals surface area contributed by atoms with E-state index < -0.39 is 4.92 Å². The van der Waals surface area contributed by atoms with E-state index in [0.29, 0.717) is 16.1 Å². The van der Waals surface area contributed by atoms with Crippen LogP contribution in [-0.2, 0) is 0 Å². The monoisotopic (exact) mass is 204 g/mol. The second-order valence-corrected chi connectivity index (χ2v) is 3.45. The number of rotatable bonds is 3. The van der Waals surface area contributed by atoms with Gasteiger partial charge in [0.1, 0.15) is 11.2 Å². The van der Waals surface area contributed by atoms with E-state index in [1.54, 1.807) is 0 Å². The first kappa shape index (κ1) is 9.30. The zero-order valence-corrected chi connectivity index (χ0v) is 7.34. The standard InChI is InChI=1S/C5H4N2O3S2/c8-7(9)4-1-2-5(6-3-4)11-12-10/h1-3,10H. The van der Waals surface area contributed by atoms with Crippen LogP contribution in [0.25, 0.3) is 0 Å². The van der Waals surface area contributed by atoms with Gasteiger partial charge in [0.25, 0.3) is 5.69 Å². The van der Waals surface area contributed by atoms with Gasteiger partial charge in [-0.05, 0) is 16.9 Å². The molecule has 1 aromatic heterocycles. The van der Waals surface area contributed by atoms with E-state index in [1.807, 2.05) is 0 Å². The van der Waals surface area contributed by atoms with E-state index in [2.05, 4.69) is 4.98 Å². The maximum Gasteiger partial charge on any atom is 0.287 e. The van der Waals surface area contributed by atoms with E-state index in [9.17, 15) is 10.1 Å². The lowest BCUT2D eigenvalue weighted by molar-refractivity contribution is -0.385. The van der Waals surface area contributed by atoms with Crippen molar-refractivity contribution >= 4 is 27.6 Å². The molecule has 7 heteroatoms. The molecular weight excluding hydrogens is 200 g/mol. The van der Waals surface area contributed by atoms with Crippen molar-refractivity contribution in [3.63, 3.8) is 0 Å². The summed E-state index contributed by atoms with van der Waals surface area (Å²) >= 11 is 0.553. The molecule has 0 fully saturated rings. The Morgan fingerprint density at radius 3 is 2.75 bits per heavy atom. The van der Waals surface area contributed by atoms with E-state index in [0.717, 1.165) is 17.0 Å². The lowest BCUT2D eigenvalue weighted by atomic mass is 10.4. The Bertz CT molecular complexity index is 277. The molecule has 5 nitrogen and oxygen atoms in total. The van der Waals surface area contributed by atoms with Crippen molar-refractivity contribution in [3.8, 4) is 0 Å². The van der Waals surface area contributed by atoms with Crippen LogP contribution in [0.3, 0.4) is 0 Å². The van der Waals surface area contributed by atoms with Crippen molar-refractivity contribution in [2.45, 2.75) is 5.03 Å². The number of nitrogens with zero attached hydrogens (tertiary/aromatic N) is 2. The summed E-state index contributed by atoms with van der Waals surface area (Å²) in [5.74, 6) is 0. The van der Waals surface area contributed by atoms with Crippen molar-refractivity contribution < 1.29 is 9.48 Å². The normalized spacial score (nSPS) is 9.75. The van der Waals surface area contributed by atoms with Crippen molar-refractivity contribution in [2.75, 3.05) is 0 Å². The third kappa shape index (κ3) is 2.36. The van der Waals surface area contributed by atoms with Gasteiger partial charge in [0.2, 0.25) is 0 Å². The van der Waals surface area contributed by atoms with Crippen LogP contribution in [-0.4, -0.2) is 14.5 Å². The van der Waals surface area contributed by atoms with Gasteiger partial charge < -0.3 is 4.55 Å². The smallest absolute Gasteiger partial charge is 0.287 e. The molecule has 0 aliphatic rings. The summed E-state index contributed by atoms with van der Waals surface area (Å²) in [7, 11) is 1.03. The van der Waals surface area contributed by atoms with E-state index >= 15 is 0 Å². The number of aromatic nitrogens is 1. The number of hydrogen-bond donors (Lipinski definition) is 1. The summed E-state index contributed by atoms with van der Waals surface area (Å²) in [4.78, 5) is 13.4. The van der Waals surface area contributed by atoms with E-state index in [1.165, 1.54) is 12.1 Å². The Labute approximate surface area is 76.0 Å². The maximum atomic E-state index is 10.2. The van der Waals surface area contributed by atoms with Gasteiger partial charge >= 0.3 is 0 Å². The molecule has 12 heavy (non-hydrogen) atoms.